The van der Waals surface area contributed by atoms with Crippen molar-refractivity contribution in [2.24, 2.45) is 5.92 Å². The van der Waals surface area contributed by atoms with Gasteiger partial charge >= 0.3 is 0 Å². The largest absolute Gasteiger partial charge is 0.394 e. The van der Waals surface area contributed by atoms with E-state index in [2.05, 4.69) is 31.0 Å². The third-order valence-electron chi connectivity index (χ3n) is 3.29. The summed E-state index contributed by atoms with van der Waals surface area (Å²) >= 11 is 0. The van der Waals surface area contributed by atoms with E-state index in [0.717, 1.165) is 32.6 Å². The Bertz CT molecular complexity index is 176. The molecule has 0 aliphatic carbocycles. The molecule has 1 atom stereocenters. The average Bonchev–Trinajstić information content (AvgIpc) is 2.44. The van der Waals surface area contributed by atoms with Crippen LogP contribution in [0.1, 0.15) is 33.6 Å². The Kier molecular flexibility index (Phi) is 5.03. The van der Waals surface area contributed by atoms with Gasteiger partial charge in [-0.15, -0.1) is 0 Å². The zero-order chi connectivity index (χ0) is 11.3. The van der Waals surface area contributed by atoms with Crippen LogP contribution in [0.15, 0.2) is 0 Å². The van der Waals surface area contributed by atoms with Crippen molar-refractivity contribution in [1.29, 1.82) is 0 Å². The van der Waals surface area contributed by atoms with Crippen LogP contribution >= 0.6 is 0 Å². The van der Waals surface area contributed by atoms with Crippen LogP contribution in [0.2, 0.25) is 0 Å². The number of aliphatic hydroxyl groups is 1. The minimum absolute atomic E-state index is 0.0276. The fourth-order valence-corrected chi connectivity index (χ4v) is 2.56. The molecule has 0 spiro atoms. The summed E-state index contributed by atoms with van der Waals surface area (Å²) < 4.78 is 0. The molecule has 0 amide bonds. The van der Waals surface area contributed by atoms with Gasteiger partial charge in [0, 0.05) is 25.2 Å². The molecule has 1 fully saturated rings. The van der Waals surface area contributed by atoms with Crippen LogP contribution < -0.4 is 5.32 Å². The van der Waals surface area contributed by atoms with Crippen LogP contribution in [0.4, 0.5) is 0 Å². The van der Waals surface area contributed by atoms with Crippen LogP contribution in [0, 0.1) is 5.92 Å². The molecule has 0 bridgehead atoms. The van der Waals surface area contributed by atoms with Gasteiger partial charge in [-0.25, -0.2) is 0 Å². The first-order chi connectivity index (χ1) is 7.08. The van der Waals surface area contributed by atoms with Gasteiger partial charge in [0.15, 0.2) is 0 Å². The molecule has 1 heterocycles. The summed E-state index contributed by atoms with van der Waals surface area (Å²) in [5.41, 5.74) is -0.0276. The predicted molar refractivity (Wildman–Crippen MR) is 64.0 cm³/mol. The molecule has 1 aliphatic heterocycles. The number of hydrogen-bond acceptors (Lipinski definition) is 3. The van der Waals surface area contributed by atoms with E-state index < -0.39 is 0 Å². The zero-order valence-electron chi connectivity index (χ0n) is 10.4. The molecular formula is C12H26N2O. The first-order valence-electron chi connectivity index (χ1n) is 6.15. The van der Waals surface area contributed by atoms with Gasteiger partial charge in [0.1, 0.15) is 0 Å². The van der Waals surface area contributed by atoms with Gasteiger partial charge in [0.05, 0.1) is 6.61 Å². The van der Waals surface area contributed by atoms with Crippen molar-refractivity contribution >= 4 is 0 Å². The summed E-state index contributed by atoms with van der Waals surface area (Å²) in [5, 5.41) is 13.0. The summed E-state index contributed by atoms with van der Waals surface area (Å²) in [6.45, 7) is 11.2. The van der Waals surface area contributed by atoms with Crippen molar-refractivity contribution in [3.05, 3.63) is 0 Å². The van der Waals surface area contributed by atoms with Crippen molar-refractivity contribution in [3.63, 3.8) is 0 Å². The summed E-state index contributed by atoms with van der Waals surface area (Å²) in [7, 11) is 0. The van der Waals surface area contributed by atoms with Crippen LogP contribution in [-0.4, -0.2) is 48.3 Å². The summed E-state index contributed by atoms with van der Waals surface area (Å²) in [6.07, 6.45) is 2.26. The third kappa shape index (κ3) is 3.74. The Morgan fingerprint density at radius 3 is 2.67 bits per heavy atom. The molecule has 0 radical (unpaired) electrons. The molecule has 3 heteroatoms. The molecular weight excluding hydrogens is 188 g/mol. The molecule has 90 valence electrons. The van der Waals surface area contributed by atoms with Gasteiger partial charge in [-0.05, 0) is 32.2 Å². The Hall–Kier alpha value is -0.120. The summed E-state index contributed by atoms with van der Waals surface area (Å²) in [5.74, 6) is 0.637. The zero-order valence-corrected chi connectivity index (χ0v) is 10.4. The Morgan fingerprint density at radius 1 is 1.33 bits per heavy atom. The lowest BCUT2D eigenvalue weighted by atomic mass is 9.89. The van der Waals surface area contributed by atoms with Gasteiger partial charge in [0.2, 0.25) is 0 Å². The quantitative estimate of drug-likeness (QED) is 0.735. The van der Waals surface area contributed by atoms with Crippen LogP contribution in [0.5, 0.6) is 0 Å². The summed E-state index contributed by atoms with van der Waals surface area (Å²) in [6, 6.07) is 0. The fourth-order valence-electron chi connectivity index (χ4n) is 2.56. The highest BCUT2D eigenvalue weighted by Gasteiger charge is 2.31. The maximum Gasteiger partial charge on any atom is 0.0612 e. The highest BCUT2D eigenvalue weighted by atomic mass is 16.3. The molecule has 1 aliphatic rings. The number of rotatable bonds is 4. The third-order valence-corrected chi connectivity index (χ3v) is 3.29. The molecule has 2 N–H and O–H groups in total. The topological polar surface area (TPSA) is 35.5 Å². The predicted octanol–water partition coefficient (Wildman–Crippen LogP) is 1.08. The van der Waals surface area contributed by atoms with Crippen molar-refractivity contribution in [1.82, 2.24) is 10.2 Å². The molecule has 0 saturated carbocycles. The van der Waals surface area contributed by atoms with Gasteiger partial charge in [-0.2, -0.15) is 0 Å². The first kappa shape index (κ1) is 12.9. The second-order valence-electron chi connectivity index (χ2n) is 5.34. The van der Waals surface area contributed by atoms with Gasteiger partial charge in [0.25, 0.3) is 0 Å². The van der Waals surface area contributed by atoms with E-state index in [4.69, 9.17) is 0 Å². The van der Waals surface area contributed by atoms with Crippen molar-refractivity contribution < 1.29 is 5.11 Å². The van der Waals surface area contributed by atoms with E-state index in [0.29, 0.717) is 5.92 Å². The second kappa shape index (κ2) is 5.83. The number of nitrogens with zero attached hydrogens (tertiary/aromatic N) is 1. The van der Waals surface area contributed by atoms with E-state index in [9.17, 15) is 5.11 Å². The lowest BCUT2D eigenvalue weighted by molar-refractivity contribution is 0.0315. The van der Waals surface area contributed by atoms with Crippen molar-refractivity contribution in [3.8, 4) is 0 Å². The lowest BCUT2D eigenvalue weighted by Crippen LogP contribution is -2.51. The van der Waals surface area contributed by atoms with Gasteiger partial charge in [-0.1, -0.05) is 13.8 Å². The summed E-state index contributed by atoms with van der Waals surface area (Å²) in [4.78, 5) is 2.45. The van der Waals surface area contributed by atoms with Crippen LogP contribution in [-0.2, 0) is 0 Å². The maximum absolute atomic E-state index is 9.62. The van der Waals surface area contributed by atoms with E-state index in [1.54, 1.807) is 0 Å². The molecule has 1 unspecified atom stereocenters. The van der Waals surface area contributed by atoms with E-state index in [1.807, 2.05) is 0 Å². The molecule has 15 heavy (non-hydrogen) atoms. The molecule has 0 aromatic rings. The van der Waals surface area contributed by atoms with Crippen LogP contribution in [0.25, 0.3) is 0 Å². The SMILES string of the molecule is CC(C)CC(C)(CO)N1CCCNCC1. The Balaban J connectivity index is 2.60. The van der Waals surface area contributed by atoms with Crippen molar-refractivity contribution in [2.45, 2.75) is 39.2 Å². The minimum atomic E-state index is -0.0276. The molecule has 0 aromatic heterocycles. The second-order valence-corrected chi connectivity index (χ2v) is 5.34. The minimum Gasteiger partial charge on any atom is -0.394 e. The normalized spacial score (nSPS) is 23.8. The number of aliphatic hydroxyl groups excluding tert-OH is 1. The highest BCUT2D eigenvalue weighted by molar-refractivity contribution is 4.88. The van der Waals surface area contributed by atoms with E-state index in [1.165, 1.54) is 6.42 Å². The Labute approximate surface area is 93.9 Å². The van der Waals surface area contributed by atoms with E-state index in [-0.39, 0.29) is 12.1 Å². The lowest BCUT2D eigenvalue weighted by Gasteiger charge is -2.40. The monoisotopic (exact) mass is 214 g/mol. The molecule has 0 aromatic carbocycles. The fraction of sp³-hybridized carbons (Fsp3) is 1.00. The van der Waals surface area contributed by atoms with Crippen LogP contribution in [0.3, 0.4) is 0 Å². The van der Waals surface area contributed by atoms with Gasteiger partial charge in [-0.3, -0.25) is 4.90 Å². The molecule has 3 nitrogen and oxygen atoms in total. The highest BCUT2D eigenvalue weighted by Crippen LogP contribution is 2.24. The van der Waals surface area contributed by atoms with Crippen molar-refractivity contribution in [2.75, 3.05) is 32.8 Å². The number of hydrogen-bond donors (Lipinski definition) is 2. The van der Waals surface area contributed by atoms with E-state index >= 15 is 0 Å². The maximum atomic E-state index is 9.62. The first-order valence-corrected chi connectivity index (χ1v) is 6.15. The molecule has 1 saturated heterocycles. The Morgan fingerprint density at radius 2 is 2.07 bits per heavy atom. The number of nitrogens with one attached hydrogen (secondary N) is 1. The average molecular weight is 214 g/mol. The smallest absolute Gasteiger partial charge is 0.0612 e. The standard InChI is InChI=1S/C12H26N2O/c1-11(2)9-12(3,10-15)14-7-4-5-13-6-8-14/h11,13,15H,4-10H2,1-3H3. The molecule has 1 rings (SSSR count). The van der Waals surface area contributed by atoms with Gasteiger partial charge < -0.3 is 10.4 Å².